The molecule has 0 spiro atoms. The first-order valence-corrected chi connectivity index (χ1v) is 7.81. The number of hydrogen-bond donors (Lipinski definition) is 1. The van der Waals surface area contributed by atoms with Crippen molar-refractivity contribution in [3.63, 3.8) is 0 Å². The molecule has 0 unspecified atom stereocenters. The smallest absolute Gasteiger partial charge is 0.409 e. The summed E-state index contributed by atoms with van der Waals surface area (Å²) in [6, 6.07) is 3.62. The minimum atomic E-state index is -0.385. The predicted octanol–water partition coefficient (Wildman–Crippen LogP) is 1.66. The van der Waals surface area contributed by atoms with Gasteiger partial charge >= 0.3 is 6.09 Å². The lowest BCUT2D eigenvalue weighted by atomic mass is 10.1. The number of carbonyl (C=O) groups is 1. The molecule has 0 saturated heterocycles. The highest BCUT2D eigenvalue weighted by atomic mass is 16.5. The molecule has 0 aliphatic carbocycles. The normalized spacial score (nSPS) is 10.7. The number of aliphatic hydroxyl groups is 1. The summed E-state index contributed by atoms with van der Waals surface area (Å²) in [6.45, 7) is 4.69. The fraction of sp³-hybridized carbons (Fsp3) is 0.500. The minimum Gasteiger partial charge on any atom is -0.453 e. The Morgan fingerprint density at radius 3 is 2.75 bits per heavy atom. The molecule has 1 amide bonds. The Labute approximate surface area is 141 Å². The van der Waals surface area contributed by atoms with E-state index in [-0.39, 0.29) is 12.7 Å². The van der Waals surface area contributed by atoms with Crippen LogP contribution in [0.25, 0.3) is 11.4 Å². The van der Waals surface area contributed by atoms with E-state index in [0.717, 1.165) is 23.4 Å². The maximum absolute atomic E-state index is 11.9. The van der Waals surface area contributed by atoms with Crippen LogP contribution in [0.15, 0.2) is 12.1 Å². The quantitative estimate of drug-likeness (QED) is 0.864. The minimum absolute atomic E-state index is 0.0565. The number of pyridine rings is 1. The third kappa shape index (κ3) is 3.70. The number of aliphatic hydroxyl groups excluding tert-OH is 1. The summed E-state index contributed by atoms with van der Waals surface area (Å²) in [5.41, 5.74) is 3.57. The monoisotopic (exact) mass is 333 g/mol. The number of methoxy groups -OCH3 is 1. The van der Waals surface area contributed by atoms with Gasteiger partial charge < -0.3 is 14.7 Å². The van der Waals surface area contributed by atoms with Crippen LogP contribution >= 0.6 is 0 Å². The van der Waals surface area contributed by atoms with Crippen LogP contribution in [0.4, 0.5) is 4.79 Å². The molecular formula is C16H23N5O3. The van der Waals surface area contributed by atoms with Crippen molar-refractivity contribution in [3.8, 4) is 11.4 Å². The third-order valence-corrected chi connectivity index (χ3v) is 3.82. The van der Waals surface area contributed by atoms with Crippen LogP contribution < -0.4 is 0 Å². The summed E-state index contributed by atoms with van der Waals surface area (Å²) in [5, 5.41) is 17.5. The largest absolute Gasteiger partial charge is 0.453 e. The van der Waals surface area contributed by atoms with Gasteiger partial charge in [0.15, 0.2) is 0 Å². The Morgan fingerprint density at radius 1 is 1.42 bits per heavy atom. The van der Waals surface area contributed by atoms with E-state index in [1.807, 2.05) is 19.9 Å². The Morgan fingerprint density at radius 2 is 2.17 bits per heavy atom. The number of ether oxygens (including phenoxy) is 1. The zero-order valence-corrected chi connectivity index (χ0v) is 14.5. The molecule has 130 valence electrons. The van der Waals surface area contributed by atoms with Gasteiger partial charge in [0.1, 0.15) is 5.69 Å². The summed E-state index contributed by atoms with van der Waals surface area (Å²) in [6.07, 6.45) is 0.432. The molecular weight excluding hydrogens is 310 g/mol. The lowest BCUT2D eigenvalue weighted by Crippen LogP contribution is -2.32. The fourth-order valence-corrected chi connectivity index (χ4v) is 2.46. The van der Waals surface area contributed by atoms with E-state index in [0.29, 0.717) is 24.5 Å². The number of carbonyl (C=O) groups excluding carboxylic acids is 1. The first kappa shape index (κ1) is 17.9. The van der Waals surface area contributed by atoms with E-state index < -0.39 is 0 Å². The molecule has 8 nitrogen and oxygen atoms in total. The van der Waals surface area contributed by atoms with Gasteiger partial charge in [0.05, 0.1) is 31.6 Å². The van der Waals surface area contributed by atoms with Crippen LogP contribution in [0.2, 0.25) is 0 Å². The molecule has 1 N–H and O–H groups in total. The van der Waals surface area contributed by atoms with Crippen molar-refractivity contribution in [2.24, 2.45) is 7.05 Å². The molecule has 0 aliphatic heterocycles. The van der Waals surface area contributed by atoms with Gasteiger partial charge in [0.25, 0.3) is 0 Å². The molecule has 2 rings (SSSR count). The van der Waals surface area contributed by atoms with Crippen LogP contribution in [0.3, 0.4) is 0 Å². The molecule has 0 bridgehead atoms. The highest BCUT2D eigenvalue weighted by Gasteiger charge is 2.21. The first-order valence-electron chi connectivity index (χ1n) is 7.81. The summed E-state index contributed by atoms with van der Waals surface area (Å²) >= 11 is 0. The SMILES string of the molecule is CCCN(Cc1c(-c2ccc(CO)c(C)n2)nnn1C)C(=O)OC. The van der Waals surface area contributed by atoms with Gasteiger partial charge in [-0.15, -0.1) is 5.10 Å². The topological polar surface area (TPSA) is 93.4 Å². The van der Waals surface area contributed by atoms with Crippen molar-refractivity contribution in [2.75, 3.05) is 13.7 Å². The van der Waals surface area contributed by atoms with Crippen molar-refractivity contribution in [2.45, 2.75) is 33.4 Å². The molecule has 8 heteroatoms. The van der Waals surface area contributed by atoms with Crippen molar-refractivity contribution < 1.29 is 14.6 Å². The first-order chi connectivity index (χ1) is 11.5. The van der Waals surface area contributed by atoms with E-state index in [1.165, 1.54) is 7.11 Å². The van der Waals surface area contributed by atoms with Gasteiger partial charge in [-0.25, -0.2) is 9.48 Å². The van der Waals surface area contributed by atoms with Crippen molar-refractivity contribution >= 4 is 6.09 Å². The number of aromatic nitrogens is 4. The number of rotatable bonds is 6. The van der Waals surface area contributed by atoms with E-state index in [4.69, 9.17) is 4.74 Å². The van der Waals surface area contributed by atoms with Gasteiger partial charge in [-0.05, 0) is 25.0 Å². The Hall–Kier alpha value is -2.48. The van der Waals surface area contributed by atoms with Gasteiger partial charge in [0.2, 0.25) is 0 Å². The Bertz CT molecular complexity index is 714. The standard InChI is InChI=1S/C16H23N5O3/c1-5-8-21(16(23)24-4)9-14-15(18-19-20(14)3)13-7-6-12(10-22)11(2)17-13/h6-7,22H,5,8-10H2,1-4H3. The molecule has 2 heterocycles. The number of hydrogen-bond acceptors (Lipinski definition) is 6. The van der Waals surface area contributed by atoms with Crippen LogP contribution in [-0.2, 0) is 24.9 Å². The van der Waals surface area contributed by atoms with Crippen LogP contribution in [-0.4, -0.2) is 49.7 Å². The second kappa shape index (κ2) is 7.87. The molecule has 0 saturated carbocycles. The highest BCUT2D eigenvalue weighted by molar-refractivity contribution is 5.68. The summed E-state index contributed by atoms with van der Waals surface area (Å²) in [4.78, 5) is 18.0. The molecule has 0 fully saturated rings. The van der Waals surface area contributed by atoms with E-state index in [9.17, 15) is 9.90 Å². The Kier molecular flexibility index (Phi) is 5.86. The second-order valence-electron chi connectivity index (χ2n) is 5.50. The van der Waals surface area contributed by atoms with Crippen molar-refractivity contribution in [1.82, 2.24) is 24.9 Å². The third-order valence-electron chi connectivity index (χ3n) is 3.82. The predicted molar refractivity (Wildman–Crippen MR) is 88.0 cm³/mol. The van der Waals surface area contributed by atoms with Crippen molar-refractivity contribution in [3.05, 3.63) is 29.1 Å². The van der Waals surface area contributed by atoms with E-state index in [2.05, 4.69) is 15.3 Å². The molecule has 2 aromatic rings. The molecule has 0 radical (unpaired) electrons. The van der Waals surface area contributed by atoms with E-state index >= 15 is 0 Å². The number of nitrogens with zero attached hydrogens (tertiary/aromatic N) is 5. The molecule has 2 aromatic heterocycles. The summed E-state index contributed by atoms with van der Waals surface area (Å²) < 4.78 is 6.48. The van der Waals surface area contributed by atoms with E-state index in [1.54, 1.807) is 22.7 Å². The van der Waals surface area contributed by atoms with Crippen LogP contribution in [0, 0.1) is 6.92 Å². The van der Waals surface area contributed by atoms with Gasteiger partial charge in [-0.3, -0.25) is 4.98 Å². The lowest BCUT2D eigenvalue weighted by molar-refractivity contribution is 0.120. The average molecular weight is 333 g/mol. The zero-order valence-electron chi connectivity index (χ0n) is 14.5. The number of amides is 1. The zero-order chi connectivity index (χ0) is 17.7. The fourth-order valence-electron chi connectivity index (χ4n) is 2.46. The maximum atomic E-state index is 11.9. The Balaban J connectivity index is 2.37. The summed E-state index contributed by atoms with van der Waals surface area (Å²) in [5.74, 6) is 0. The maximum Gasteiger partial charge on any atom is 0.409 e. The highest BCUT2D eigenvalue weighted by Crippen LogP contribution is 2.22. The molecule has 0 aliphatic rings. The second-order valence-corrected chi connectivity index (χ2v) is 5.50. The van der Waals surface area contributed by atoms with Crippen molar-refractivity contribution in [1.29, 1.82) is 0 Å². The lowest BCUT2D eigenvalue weighted by Gasteiger charge is -2.20. The van der Waals surface area contributed by atoms with Crippen LogP contribution in [0.5, 0.6) is 0 Å². The van der Waals surface area contributed by atoms with Crippen LogP contribution in [0.1, 0.15) is 30.3 Å². The van der Waals surface area contributed by atoms with Gasteiger partial charge in [-0.1, -0.05) is 18.2 Å². The molecule has 0 atom stereocenters. The molecule has 24 heavy (non-hydrogen) atoms. The summed E-state index contributed by atoms with van der Waals surface area (Å²) in [7, 11) is 3.15. The number of aryl methyl sites for hydroxylation is 2. The average Bonchev–Trinajstić information content (AvgIpc) is 2.94. The van der Waals surface area contributed by atoms with Gasteiger partial charge in [0, 0.05) is 19.3 Å². The molecule has 0 aromatic carbocycles. The van der Waals surface area contributed by atoms with Gasteiger partial charge in [-0.2, -0.15) is 0 Å².